The first-order chi connectivity index (χ1) is 11.2. The van der Waals surface area contributed by atoms with Crippen LogP contribution in [0.25, 0.3) is 0 Å². The molecule has 0 bridgehead atoms. The lowest BCUT2D eigenvalue weighted by Crippen LogP contribution is -2.49. The summed E-state index contributed by atoms with van der Waals surface area (Å²) in [5, 5.41) is 14.8. The third-order valence-corrected chi connectivity index (χ3v) is 3.27. The first-order valence-electron chi connectivity index (χ1n) is 7.19. The van der Waals surface area contributed by atoms with Gasteiger partial charge in [-0.3, -0.25) is 0 Å². The number of carbonyl (C=O) groups excluding carboxylic acids is 2. The fourth-order valence-electron chi connectivity index (χ4n) is 1.89. The van der Waals surface area contributed by atoms with Gasteiger partial charge in [-0.2, -0.15) is 13.2 Å². The number of hydrogen-bond acceptors (Lipinski definition) is 4. The van der Waals surface area contributed by atoms with Crippen molar-refractivity contribution >= 4 is 17.7 Å². The Bertz CT molecular complexity index is 575. The summed E-state index contributed by atoms with van der Waals surface area (Å²) >= 11 is 0. The smallest absolute Gasteiger partial charge is 0.432 e. The van der Waals surface area contributed by atoms with E-state index in [4.69, 9.17) is 0 Å². The number of rotatable bonds is 6. The molecule has 1 aromatic carbocycles. The Morgan fingerprint density at radius 3 is 2.25 bits per heavy atom. The number of methoxy groups -OCH3 is 1. The molecule has 0 unspecified atom stereocenters. The number of amides is 2. The van der Waals surface area contributed by atoms with Crippen molar-refractivity contribution in [3.63, 3.8) is 0 Å². The van der Waals surface area contributed by atoms with Gasteiger partial charge in [0.1, 0.15) is 0 Å². The van der Waals surface area contributed by atoms with Gasteiger partial charge in [-0.15, -0.1) is 0 Å². The van der Waals surface area contributed by atoms with Gasteiger partial charge in [0.25, 0.3) is 5.60 Å². The second kappa shape index (κ2) is 8.00. The molecule has 0 aromatic heterocycles. The number of nitrogens with one attached hydrogen (secondary N) is 2. The highest BCUT2D eigenvalue weighted by atomic mass is 19.4. The minimum absolute atomic E-state index is 0.210. The van der Waals surface area contributed by atoms with Crippen LogP contribution in [-0.2, 0) is 15.1 Å². The molecule has 0 aliphatic heterocycles. The molecule has 0 fully saturated rings. The molecule has 0 aliphatic rings. The number of benzene rings is 1. The molecule has 24 heavy (non-hydrogen) atoms. The number of unbranched alkanes of at least 4 members (excludes halogenated alkanes) is 1. The van der Waals surface area contributed by atoms with E-state index in [2.05, 4.69) is 15.4 Å². The zero-order valence-electron chi connectivity index (χ0n) is 13.2. The number of aliphatic hydroxyl groups is 1. The standard InChI is InChI=1S/C15H19F3N2O4/c1-3-4-9-19-13(22)20-11-7-5-10(6-8-11)14(23,12(21)24-2)15(16,17)18/h5-8,23H,3-4,9H2,1-2H3,(H2,19,20,22)/t14-/m1/s1. The topological polar surface area (TPSA) is 87.7 Å². The van der Waals surface area contributed by atoms with Crippen molar-refractivity contribution in [2.45, 2.75) is 31.5 Å². The fraction of sp³-hybridized carbons (Fsp3) is 0.467. The van der Waals surface area contributed by atoms with Crippen molar-refractivity contribution in [1.82, 2.24) is 5.32 Å². The van der Waals surface area contributed by atoms with E-state index in [1.165, 1.54) is 0 Å². The van der Waals surface area contributed by atoms with Crippen LogP contribution in [0.4, 0.5) is 23.7 Å². The van der Waals surface area contributed by atoms with Gasteiger partial charge >= 0.3 is 18.2 Å². The number of carbonyl (C=O) groups is 2. The van der Waals surface area contributed by atoms with Crippen LogP contribution < -0.4 is 10.6 Å². The van der Waals surface area contributed by atoms with Crippen molar-refractivity contribution in [3.05, 3.63) is 29.8 Å². The summed E-state index contributed by atoms with van der Waals surface area (Å²) in [6.45, 7) is 2.43. The van der Waals surface area contributed by atoms with E-state index in [1.54, 1.807) is 0 Å². The zero-order valence-corrected chi connectivity index (χ0v) is 13.2. The van der Waals surface area contributed by atoms with Crippen LogP contribution >= 0.6 is 0 Å². The molecular formula is C15H19F3N2O4. The highest BCUT2D eigenvalue weighted by Crippen LogP contribution is 2.40. The zero-order chi connectivity index (χ0) is 18.4. The lowest BCUT2D eigenvalue weighted by Gasteiger charge is -2.28. The van der Waals surface area contributed by atoms with Gasteiger partial charge in [-0.05, 0) is 18.6 Å². The second-order valence-electron chi connectivity index (χ2n) is 5.01. The van der Waals surface area contributed by atoms with Gasteiger partial charge < -0.3 is 20.5 Å². The Kier molecular flexibility index (Phi) is 6.59. The molecule has 134 valence electrons. The first kappa shape index (κ1) is 19.8. The van der Waals surface area contributed by atoms with E-state index in [-0.39, 0.29) is 5.69 Å². The van der Waals surface area contributed by atoms with E-state index >= 15 is 0 Å². The van der Waals surface area contributed by atoms with E-state index in [1.807, 2.05) is 6.92 Å². The van der Waals surface area contributed by atoms with E-state index in [9.17, 15) is 27.9 Å². The van der Waals surface area contributed by atoms with Crippen molar-refractivity contribution in [2.24, 2.45) is 0 Å². The van der Waals surface area contributed by atoms with Crippen LogP contribution in [0, 0.1) is 0 Å². The highest BCUT2D eigenvalue weighted by molar-refractivity contribution is 5.89. The highest BCUT2D eigenvalue weighted by Gasteiger charge is 2.62. The van der Waals surface area contributed by atoms with Gasteiger partial charge in [0, 0.05) is 17.8 Å². The molecule has 0 saturated heterocycles. The summed E-state index contributed by atoms with van der Waals surface area (Å²) in [4.78, 5) is 23.0. The number of urea groups is 1. The molecule has 2 amide bonds. The van der Waals surface area contributed by atoms with Crippen molar-refractivity contribution in [1.29, 1.82) is 0 Å². The minimum atomic E-state index is -5.26. The summed E-state index contributed by atoms with van der Waals surface area (Å²) in [5.41, 5.74) is -4.27. The largest absolute Gasteiger partial charge is 0.466 e. The van der Waals surface area contributed by atoms with Crippen LogP contribution in [0.15, 0.2) is 24.3 Å². The number of halogens is 3. The van der Waals surface area contributed by atoms with Gasteiger partial charge in [-0.1, -0.05) is 25.5 Å². The van der Waals surface area contributed by atoms with E-state index in [0.717, 1.165) is 44.2 Å². The number of esters is 1. The molecule has 1 aromatic rings. The maximum absolute atomic E-state index is 13.1. The molecule has 0 heterocycles. The Hall–Kier alpha value is -2.29. The Morgan fingerprint density at radius 2 is 1.79 bits per heavy atom. The maximum Gasteiger partial charge on any atom is 0.432 e. The van der Waals surface area contributed by atoms with Crippen LogP contribution in [0.2, 0.25) is 0 Å². The third-order valence-electron chi connectivity index (χ3n) is 3.27. The Morgan fingerprint density at radius 1 is 1.21 bits per heavy atom. The quantitative estimate of drug-likeness (QED) is 0.545. The third kappa shape index (κ3) is 4.38. The minimum Gasteiger partial charge on any atom is -0.466 e. The second-order valence-corrected chi connectivity index (χ2v) is 5.01. The number of anilines is 1. The molecule has 0 spiro atoms. The summed E-state index contributed by atoms with van der Waals surface area (Å²) in [6, 6.07) is 3.58. The lowest BCUT2D eigenvalue weighted by atomic mass is 9.93. The molecule has 9 heteroatoms. The van der Waals surface area contributed by atoms with Crippen LogP contribution in [-0.4, -0.2) is 36.9 Å². The van der Waals surface area contributed by atoms with E-state index < -0.39 is 29.3 Å². The van der Waals surface area contributed by atoms with Crippen molar-refractivity contribution in [3.8, 4) is 0 Å². The summed E-state index contributed by atoms with van der Waals surface area (Å²) in [7, 11) is 0.746. The van der Waals surface area contributed by atoms with Gasteiger partial charge in [-0.25, -0.2) is 9.59 Å². The molecule has 3 N–H and O–H groups in total. The Balaban J connectivity index is 2.92. The number of hydrogen-bond donors (Lipinski definition) is 3. The maximum atomic E-state index is 13.1. The van der Waals surface area contributed by atoms with Gasteiger partial charge in [0.15, 0.2) is 0 Å². The van der Waals surface area contributed by atoms with Gasteiger partial charge in [0.05, 0.1) is 7.11 Å². The molecule has 6 nitrogen and oxygen atoms in total. The normalized spacial score (nSPS) is 13.8. The monoisotopic (exact) mass is 348 g/mol. The molecule has 0 aliphatic carbocycles. The SMILES string of the molecule is CCCCNC(=O)Nc1ccc([C@@](O)(C(=O)OC)C(F)(F)F)cc1. The van der Waals surface area contributed by atoms with Crippen LogP contribution in [0.3, 0.4) is 0 Å². The van der Waals surface area contributed by atoms with Crippen LogP contribution in [0.5, 0.6) is 0 Å². The molecule has 1 rings (SSSR count). The van der Waals surface area contributed by atoms with E-state index in [0.29, 0.717) is 6.54 Å². The average Bonchev–Trinajstić information content (AvgIpc) is 2.53. The number of ether oxygens (including phenoxy) is 1. The lowest BCUT2D eigenvalue weighted by molar-refractivity contribution is -0.266. The molecular weight excluding hydrogens is 329 g/mol. The van der Waals surface area contributed by atoms with Crippen molar-refractivity contribution < 1.29 is 32.6 Å². The fourth-order valence-corrected chi connectivity index (χ4v) is 1.89. The first-order valence-corrected chi connectivity index (χ1v) is 7.19. The average molecular weight is 348 g/mol. The molecule has 1 atom stereocenters. The molecule has 0 saturated carbocycles. The summed E-state index contributed by atoms with van der Waals surface area (Å²) < 4.78 is 43.3. The summed E-state index contributed by atoms with van der Waals surface area (Å²) in [5.74, 6) is -1.84. The predicted molar refractivity (Wildman–Crippen MR) is 80.3 cm³/mol. The Labute approximate surface area is 137 Å². The summed E-state index contributed by atoms with van der Waals surface area (Å²) in [6.07, 6.45) is -3.56. The van der Waals surface area contributed by atoms with Gasteiger partial charge in [0.2, 0.25) is 0 Å². The number of alkyl halides is 3. The van der Waals surface area contributed by atoms with Crippen LogP contribution in [0.1, 0.15) is 25.3 Å². The van der Waals surface area contributed by atoms with Crippen molar-refractivity contribution in [2.75, 3.05) is 19.0 Å². The molecule has 0 radical (unpaired) electrons. The predicted octanol–water partition coefficient (Wildman–Crippen LogP) is 2.53.